The van der Waals surface area contributed by atoms with Crippen molar-refractivity contribution in [2.24, 2.45) is 0 Å². The van der Waals surface area contributed by atoms with Crippen LogP contribution < -0.4 is 5.32 Å². The monoisotopic (exact) mass is 259 g/mol. The van der Waals surface area contributed by atoms with Crippen LogP contribution in [0.15, 0.2) is 22.7 Å². The molecule has 78 valence electrons. The van der Waals surface area contributed by atoms with Crippen molar-refractivity contribution in [2.45, 2.75) is 19.5 Å². The number of aromatic hydroxyl groups is 1. The first-order valence-electron chi connectivity index (χ1n) is 4.45. The van der Waals surface area contributed by atoms with Gasteiger partial charge in [0.25, 0.3) is 0 Å². The van der Waals surface area contributed by atoms with Gasteiger partial charge < -0.3 is 15.5 Å². The Balaban J connectivity index is 2.63. The lowest BCUT2D eigenvalue weighted by atomic mass is 10.2. The quantitative estimate of drug-likeness (QED) is 0.771. The third kappa shape index (κ3) is 2.97. The molecule has 0 unspecified atom stereocenters. The number of rotatable bonds is 4. The van der Waals surface area contributed by atoms with Crippen LogP contribution in [-0.2, 0) is 6.54 Å². The molecule has 0 aliphatic rings. The van der Waals surface area contributed by atoms with E-state index in [1.807, 2.05) is 19.1 Å². The van der Waals surface area contributed by atoms with Gasteiger partial charge in [-0.1, -0.05) is 12.1 Å². The van der Waals surface area contributed by atoms with Crippen molar-refractivity contribution in [1.82, 2.24) is 5.32 Å². The Hall–Kier alpha value is -0.580. The van der Waals surface area contributed by atoms with Gasteiger partial charge in [0.15, 0.2) is 0 Å². The Labute approximate surface area is 91.9 Å². The van der Waals surface area contributed by atoms with Crippen molar-refractivity contribution in [1.29, 1.82) is 0 Å². The molecule has 0 spiro atoms. The largest absolute Gasteiger partial charge is 0.506 e. The Kier molecular flexibility index (Phi) is 4.38. The highest BCUT2D eigenvalue weighted by Crippen LogP contribution is 2.27. The molecule has 0 radical (unpaired) electrons. The van der Waals surface area contributed by atoms with Gasteiger partial charge in [0, 0.05) is 18.2 Å². The van der Waals surface area contributed by atoms with Crippen molar-refractivity contribution in [3.63, 3.8) is 0 Å². The molecule has 0 bridgehead atoms. The summed E-state index contributed by atoms with van der Waals surface area (Å²) in [5.41, 5.74) is 0.819. The fourth-order valence-corrected chi connectivity index (χ4v) is 1.46. The maximum absolute atomic E-state index is 9.63. The van der Waals surface area contributed by atoms with Crippen LogP contribution in [0.5, 0.6) is 5.75 Å². The van der Waals surface area contributed by atoms with Crippen molar-refractivity contribution < 1.29 is 10.2 Å². The number of hydrogen-bond acceptors (Lipinski definition) is 3. The first kappa shape index (κ1) is 11.5. The molecule has 14 heavy (non-hydrogen) atoms. The maximum Gasteiger partial charge on any atom is 0.134 e. The molecule has 0 fully saturated rings. The number of nitrogens with one attached hydrogen (secondary N) is 1. The second-order valence-corrected chi connectivity index (χ2v) is 4.07. The van der Waals surface area contributed by atoms with Gasteiger partial charge in [-0.25, -0.2) is 0 Å². The van der Waals surface area contributed by atoms with E-state index in [2.05, 4.69) is 21.2 Å². The molecular weight excluding hydrogens is 246 g/mol. The molecule has 0 saturated carbocycles. The van der Waals surface area contributed by atoms with Crippen molar-refractivity contribution in [3.05, 3.63) is 28.2 Å². The van der Waals surface area contributed by atoms with Crippen LogP contribution in [0.1, 0.15) is 12.5 Å². The number of aliphatic hydroxyl groups is 1. The summed E-state index contributed by atoms with van der Waals surface area (Å²) < 4.78 is 0.688. The van der Waals surface area contributed by atoms with E-state index in [1.165, 1.54) is 0 Å². The first-order chi connectivity index (χ1) is 6.65. The molecule has 0 aliphatic heterocycles. The van der Waals surface area contributed by atoms with Gasteiger partial charge in [0.05, 0.1) is 11.1 Å². The highest BCUT2D eigenvalue weighted by molar-refractivity contribution is 9.10. The summed E-state index contributed by atoms with van der Waals surface area (Å²) in [5, 5.41) is 21.5. The molecule has 1 atom stereocenters. The molecule has 0 saturated heterocycles. The third-order valence-electron chi connectivity index (χ3n) is 1.99. The molecule has 1 rings (SSSR count). The Morgan fingerprint density at radius 2 is 2.21 bits per heavy atom. The zero-order valence-electron chi connectivity index (χ0n) is 8.00. The van der Waals surface area contributed by atoms with Crippen LogP contribution in [0.25, 0.3) is 0 Å². The van der Waals surface area contributed by atoms with Crippen LogP contribution in [0.3, 0.4) is 0 Å². The average Bonchev–Trinajstić information content (AvgIpc) is 2.20. The number of phenols is 1. The van der Waals surface area contributed by atoms with Crippen LogP contribution >= 0.6 is 15.9 Å². The zero-order valence-corrected chi connectivity index (χ0v) is 9.58. The summed E-state index contributed by atoms with van der Waals surface area (Å²) in [4.78, 5) is 0. The number of phenolic OH excluding ortho intramolecular Hbond substituents is 1. The Morgan fingerprint density at radius 3 is 2.86 bits per heavy atom. The standard InChI is InChI=1S/C10H14BrNO2/c1-7(6-13)12-5-8-3-2-4-9(11)10(8)14/h2-4,7,12-14H,5-6H2,1H3/t7-/m0/s1. The van der Waals surface area contributed by atoms with Crippen LogP contribution in [-0.4, -0.2) is 22.9 Å². The summed E-state index contributed by atoms with van der Waals surface area (Å²) in [6.45, 7) is 2.52. The van der Waals surface area contributed by atoms with E-state index in [-0.39, 0.29) is 18.4 Å². The molecular formula is C10H14BrNO2. The summed E-state index contributed by atoms with van der Waals surface area (Å²) in [6, 6.07) is 5.53. The molecule has 1 aromatic rings. The molecule has 0 aliphatic carbocycles. The molecule has 3 nitrogen and oxygen atoms in total. The molecule has 4 heteroatoms. The first-order valence-corrected chi connectivity index (χ1v) is 5.25. The van der Waals surface area contributed by atoms with E-state index in [0.29, 0.717) is 11.0 Å². The van der Waals surface area contributed by atoms with E-state index in [1.54, 1.807) is 6.07 Å². The van der Waals surface area contributed by atoms with E-state index in [0.717, 1.165) is 5.56 Å². The average molecular weight is 260 g/mol. The lowest BCUT2D eigenvalue weighted by Crippen LogP contribution is -2.28. The number of hydrogen-bond donors (Lipinski definition) is 3. The minimum Gasteiger partial charge on any atom is -0.506 e. The Bertz CT molecular complexity index is 304. The SMILES string of the molecule is C[C@@H](CO)NCc1cccc(Br)c1O. The second kappa shape index (κ2) is 5.34. The van der Waals surface area contributed by atoms with Gasteiger partial charge in [0.1, 0.15) is 5.75 Å². The van der Waals surface area contributed by atoms with E-state index < -0.39 is 0 Å². The van der Waals surface area contributed by atoms with Gasteiger partial charge in [-0.15, -0.1) is 0 Å². The van der Waals surface area contributed by atoms with Gasteiger partial charge in [0.2, 0.25) is 0 Å². The van der Waals surface area contributed by atoms with Crippen molar-refractivity contribution >= 4 is 15.9 Å². The van der Waals surface area contributed by atoms with Gasteiger partial charge in [-0.3, -0.25) is 0 Å². The third-order valence-corrected chi connectivity index (χ3v) is 2.63. The summed E-state index contributed by atoms with van der Waals surface area (Å²) in [5.74, 6) is 0.255. The molecule has 1 aromatic carbocycles. The number of benzene rings is 1. The fourth-order valence-electron chi connectivity index (χ4n) is 1.05. The topological polar surface area (TPSA) is 52.5 Å². The lowest BCUT2D eigenvalue weighted by Gasteiger charge is -2.11. The zero-order chi connectivity index (χ0) is 10.6. The van der Waals surface area contributed by atoms with Gasteiger partial charge >= 0.3 is 0 Å². The molecule has 0 amide bonds. The fraction of sp³-hybridized carbons (Fsp3) is 0.400. The van der Waals surface area contributed by atoms with Gasteiger partial charge in [-0.05, 0) is 28.9 Å². The van der Waals surface area contributed by atoms with Crippen molar-refractivity contribution in [2.75, 3.05) is 6.61 Å². The minimum atomic E-state index is 0.0355. The van der Waals surface area contributed by atoms with Crippen LogP contribution in [0.2, 0.25) is 0 Å². The van der Waals surface area contributed by atoms with Gasteiger partial charge in [-0.2, -0.15) is 0 Å². The predicted molar refractivity (Wildman–Crippen MR) is 59.2 cm³/mol. The lowest BCUT2D eigenvalue weighted by molar-refractivity contribution is 0.250. The highest BCUT2D eigenvalue weighted by Gasteiger charge is 2.05. The number of halogens is 1. The van der Waals surface area contributed by atoms with Crippen LogP contribution in [0, 0.1) is 0 Å². The minimum absolute atomic E-state index is 0.0355. The molecule has 0 aromatic heterocycles. The smallest absolute Gasteiger partial charge is 0.134 e. The molecule has 3 N–H and O–H groups in total. The van der Waals surface area contributed by atoms with E-state index in [4.69, 9.17) is 5.11 Å². The normalized spacial score (nSPS) is 12.8. The summed E-state index contributed by atoms with van der Waals surface area (Å²) >= 11 is 3.24. The summed E-state index contributed by atoms with van der Waals surface area (Å²) in [6.07, 6.45) is 0. The Morgan fingerprint density at radius 1 is 1.50 bits per heavy atom. The highest BCUT2D eigenvalue weighted by atomic mass is 79.9. The van der Waals surface area contributed by atoms with Crippen molar-refractivity contribution in [3.8, 4) is 5.75 Å². The van der Waals surface area contributed by atoms with Crippen LogP contribution in [0.4, 0.5) is 0 Å². The predicted octanol–water partition coefficient (Wildman–Crippen LogP) is 1.63. The maximum atomic E-state index is 9.63. The van der Waals surface area contributed by atoms with E-state index in [9.17, 15) is 5.11 Å². The van der Waals surface area contributed by atoms with E-state index >= 15 is 0 Å². The number of para-hydroxylation sites is 1. The summed E-state index contributed by atoms with van der Waals surface area (Å²) in [7, 11) is 0. The number of aliphatic hydroxyl groups excluding tert-OH is 1. The second-order valence-electron chi connectivity index (χ2n) is 3.21. The molecule has 0 heterocycles.